The Hall–Kier alpha value is -3.37. The standard InChI is InChI=1S/C24H28N4O3/c1-31-21-11-9-19(10-12-21)22(18-25)27-14-16-28(17-15-27)23(29)8-5-13-26-24(30)20-6-3-2-4-7-20/h2-4,6-7,9-12,22H,5,8,13-17H2,1H3,(H,26,30). The number of ether oxygens (including phenoxy) is 1. The van der Waals surface area contributed by atoms with Gasteiger partial charge in [0.2, 0.25) is 5.91 Å². The number of rotatable bonds is 8. The summed E-state index contributed by atoms with van der Waals surface area (Å²) in [5.41, 5.74) is 1.55. The number of nitrogens with zero attached hydrogens (tertiary/aromatic N) is 3. The molecule has 2 aromatic rings. The van der Waals surface area contributed by atoms with Crippen LogP contribution in [0.4, 0.5) is 0 Å². The summed E-state index contributed by atoms with van der Waals surface area (Å²) in [5, 5.41) is 12.5. The fraction of sp³-hybridized carbons (Fsp3) is 0.375. The summed E-state index contributed by atoms with van der Waals surface area (Å²) in [6, 6.07) is 18.6. The van der Waals surface area contributed by atoms with Crippen molar-refractivity contribution in [2.45, 2.75) is 18.9 Å². The van der Waals surface area contributed by atoms with E-state index in [9.17, 15) is 14.9 Å². The van der Waals surface area contributed by atoms with Crippen molar-refractivity contribution < 1.29 is 14.3 Å². The molecule has 0 aliphatic carbocycles. The maximum atomic E-state index is 12.5. The van der Waals surface area contributed by atoms with E-state index >= 15 is 0 Å². The first-order valence-corrected chi connectivity index (χ1v) is 10.5. The number of hydrogen-bond donors (Lipinski definition) is 1. The van der Waals surface area contributed by atoms with Gasteiger partial charge in [-0.2, -0.15) is 5.26 Å². The zero-order chi connectivity index (χ0) is 22.1. The summed E-state index contributed by atoms with van der Waals surface area (Å²) in [4.78, 5) is 28.5. The highest BCUT2D eigenvalue weighted by atomic mass is 16.5. The van der Waals surface area contributed by atoms with Gasteiger partial charge in [-0.05, 0) is 36.2 Å². The first-order valence-electron chi connectivity index (χ1n) is 10.5. The van der Waals surface area contributed by atoms with Gasteiger partial charge in [-0.3, -0.25) is 14.5 Å². The number of piperazine rings is 1. The van der Waals surface area contributed by atoms with Gasteiger partial charge in [0.1, 0.15) is 11.8 Å². The van der Waals surface area contributed by atoms with Crippen molar-refractivity contribution in [2.24, 2.45) is 0 Å². The minimum atomic E-state index is -0.337. The molecule has 1 atom stereocenters. The molecular weight excluding hydrogens is 392 g/mol. The van der Waals surface area contributed by atoms with Crippen LogP contribution in [0, 0.1) is 11.3 Å². The fourth-order valence-corrected chi connectivity index (χ4v) is 3.67. The summed E-state index contributed by atoms with van der Waals surface area (Å²) in [7, 11) is 1.62. The van der Waals surface area contributed by atoms with E-state index in [1.165, 1.54) is 0 Å². The lowest BCUT2D eigenvalue weighted by molar-refractivity contribution is -0.133. The Kier molecular flexibility index (Phi) is 8.02. The summed E-state index contributed by atoms with van der Waals surface area (Å²) in [6.07, 6.45) is 1.000. The second-order valence-electron chi connectivity index (χ2n) is 7.45. The third-order valence-corrected chi connectivity index (χ3v) is 5.47. The zero-order valence-corrected chi connectivity index (χ0v) is 17.8. The summed E-state index contributed by atoms with van der Waals surface area (Å²) < 4.78 is 5.18. The maximum Gasteiger partial charge on any atom is 0.251 e. The van der Waals surface area contributed by atoms with Gasteiger partial charge in [-0.1, -0.05) is 30.3 Å². The van der Waals surface area contributed by atoms with E-state index in [0.29, 0.717) is 51.1 Å². The molecule has 1 fully saturated rings. The molecule has 0 aromatic heterocycles. The lowest BCUT2D eigenvalue weighted by Gasteiger charge is -2.37. The number of nitrogens with one attached hydrogen (secondary N) is 1. The summed E-state index contributed by atoms with van der Waals surface area (Å²) in [5.74, 6) is 0.727. The molecule has 1 heterocycles. The van der Waals surface area contributed by atoms with Crippen LogP contribution in [0.15, 0.2) is 54.6 Å². The highest BCUT2D eigenvalue weighted by Gasteiger charge is 2.26. The van der Waals surface area contributed by atoms with Crippen molar-refractivity contribution in [1.29, 1.82) is 5.26 Å². The van der Waals surface area contributed by atoms with E-state index in [4.69, 9.17) is 4.74 Å². The molecule has 7 nitrogen and oxygen atoms in total. The van der Waals surface area contributed by atoms with Crippen molar-refractivity contribution in [2.75, 3.05) is 39.8 Å². The molecule has 162 valence electrons. The van der Waals surface area contributed by atoms with E-state index < -0.39 is 0 Å². The molecule has 1 unspecified atom stereocenters. The van der Waals surface area contributed by atoms with Crippen LogP contribution >= 0.6 is 0 Å². The number of carbonyl (C=O) groups excluding carboxylic acids is 2. The lowest BCUT2D eigenvalue weighted by Crippen LogP contribution is -2.49. The third kappa shape index (κ3) is 6.06. The molecule has 0 spiro atoms. The van der Waals surface area contributed by atoms with E-state index in [1.54, 1.807) is 19.2 Å². The van der Waals surface area contributed by atoms with E-state index in [2.05, 4.69) is 16.3 Å². The minimum absolute atomic E-state index is 0.0894. The Balaban J connectivity index is 1.40. The van der Waals surface area contributed by atoms with Crippen LogP contribution in [0.1, 0.15) is 34.8 Å². The molecule has 1 aliphatic heterocycles. The van der Waals surface area contributed by atoms with Gasteiger partial charge < -0.3 is 15.0 Å². The molecule has 2 amide bonds. The number of hydrogen-bond acceptors (Lipinski definition) is 5. The lowest BCUT2D eigenvalue weighted by atomic mass is 10.1. The van der Waals surface area contributed by atoms with Crippen LogP contribution in [-0.2, 0) is 4.79 Å². The Morgan fingerprint density at radius 3 is 2.35 bits per heavy atom. The molecule has 0 radical (unpaired) electrons. The smallest absolute Gasteiger partial charge is 0.251 e. The van der Waals surface area contributed by atoms with Crippen LogP contribution in [0.25, 0.3) is 0 Å². The first-order chi connectivity index (χ1) is 15.1. The Bertz CT molecular complexity index is 901. The third-order valence-electron chi connectivity index (χ3n) is 5.47. The van der Waals surface area contributed by atoms with Gasteiger partial charge in [0.05, 0.1) is 13.2 Å². The van der Waals surface area contributed by atoms with Gasteiger partial charge in [-0.25, -0.2) is 0 Å². The monoisotopic (exact) mass is 420 g/mol. The number of amides is 2. The maximum absolute atomic E-state index is 12.5. The molecule has 2 aromatic carbocycles. The first kappa shape index (κ1) is 22.3. The predicted octanol–water partition coefficient (Wildman–Crippen LogP) is 2.61. The molecule has 31 heavy (non-hydrogen) atoms. The fourth-order valence-electron chi connectivity index (χ4n) is 3.67. The Labute approximate surface area is 183 Å². The normalized spacial score (nSPS) is 15.0. The van der Waals surface area contributed by atoms with Crippen LogP contribution in [0.2, 0.25) is 0 Å². The molecular formula is C24H28N4O3. The van der Waals surface area contributed by atoms with E-state index in [0.717, 1.165) is 11.3 Å². The molecule has 7 heteroatoms. The number of benzene rings is 2. The Morgan fingerprint density at radius 1 is 1.06 bits per heavy atom. The van der Waals surface area contributed by atoms with Crippen LogP contribution in [-0.4, -0.2) is 61.4 Å². The molecule has 1 saturated heterocycles. The van der Waals surface area contributed by atoms with Crippen molar-refractivity contribution in [3.8, 4) is 11.8 Å². The second kappa shape index (κ2) is 11.1. The van der Waals surface area contributed by atoms with Crippen LogP contribution in [0.5, 0.6) is 5.75 Å². The SMILES string of the molecule is COc1ccc(C(C#N)N2CCN(C(=O)CCCNC(=O)c3ccccc3)CC2)cc1. The largest absolute Gasteiger partial charge is 0.497 e. The molecule has 1 N–H and O–H groups in total. The van der Waals surface area contributed by atoms with Crippen molar-refractivity contribution in [3.63, 3.8) is 0 Å². The van der Waals surface area contributed by atoms with Gasteiger partial charge in [0, 0.05) is 44.7 Å². The van der Waals surface area contributed by atoms with Gasteiger partial charge in [0.15, 0.2) is 0 Å². The number of carbonyl (C=O) groups is 2. The van der Waals surface area contributed by atoms with Crippen LogP contribution < -0.4 is 10.1 Å². The Morgan fingerprint density at radius 2 is 1.74 bits per heavy atom. The minimum Gasteiger partial charge on any atom is -0.497 e. The highest BCUT2D eigenvalue weighted by Crippen LogP contribution is 2.24. The molecule has 1 aliphatic rings. The quantitative estimate of drug-likeness (QED) is 0.664. The topological polar surface area (TPSA) is 85.7 Å². The zero-order valence-electron chi connectivity index (χ0n) is 17.8. The van der Waals surface area contributed by atoms with E-state index in [-0.39, 0.29) is 17.9 Å². The highest BCUT2D eigenvalue weighted by molar-refractivity contribution is 5.94. The van der Waals surface area contributed by atoms with Crippen molar-refractivity contribution in [3.05, 3.63) is 65.7 Å². The number of nitriles is 1. The average molecular weight is 421 g/mol. The molecule has 0 saturated carbocycles. The average Bonchev–Trinajstić information content (AvgIpc) is 2.83. The second-order valence-corrected chi connectivity index (χ2v) is 7.45. The van der Waals surface area contributed by atoms with Crippen LogP contribution in [0.3, 0.4) is 0 Å². The number of methoxy groups -OCH3 is 1. The van der Waals surface area contributed by atoms with E-state index in [1.807, 2.05) is 47.4 Å². The molecule has 0 bridgehead atoms. The molecule has 3 rings (SSSR count). The van der Waals surface area contributed by atoms with Crippen molar-refractivity contribution >= 4 is 11.8 Å². The predicted molar refractivity (Wildman–Crippen MR) is 118 cm³/mol. The van der Waals surface area contributed by atoms with Gasteiger partial charge >= 0.3 is 0 Å². The van der Waals surface area contributed by atoms with Crippen molar-refractivity contribution in [1.82, 2.24) is 15.1 Å². The van der Waals surface area contributed by atoms with Gasteiger partial charge in [0.25, 0.3) is 5.91 Å². The summed E-state index contributed by atoms with van der Waals surface area (Å²) in [6.45, 7) is 2.97. The summed E-state index contributed by atoms with van der Waals surface area (Å²) >= 11 is 0. The van der Waals surface area contributed by atoms with Gasteiger partial charge in [-0.15, -0.1) is 0 Å².